The fraction of sp³-hybridized carbons (Fsp3) is 0.320. The average Bonchev–Trinajstić information content (AvgIpc) is 3.27. The number of aryl methyl sites for hydroxylation is 1. The minimum Gasteiger partial charge on any atom is -0.341 e. The predicted molar refractivity (Wildman–Crippen MR) is 121 cm³/mol. The fourth-order valence-electron chi connectivity index (χ4n) is 4.18. The van der Waals surface area contributed by atoms with Crippen molar-refractivity contribution in [2.45, 2.75) is 20.3 Å². The summed E-state index contributed by atoms with van der Waals surface area (Å²) in [6, 6.07) is 18.5. The van der Waals surface area contributed by atoms with E-state index in [2.05, 4.69) is 65.7 Å². The Hall–Kier alpha value is -3.41. The topological polar surface area (TPSA) is 69.3 Å². The number of carbonyl (C=O) groups excluding carboxylic acids is 2. The molecular formula is C25H28N4O2. The molecule has 31 heavy (non-hydrogen) atoms. The quantitative estimate of drug-likeness (QED) is 0.692. The number of carbonyl (C=O) groups is 2. The van der Waals surface area contributed by atoms with E-state index < -0.39 is 0 Å². The lowest BCUT2D eigenvalue weighted by atomic mass is 9.95. The van der Waals surface area contributed by atoms with Crippen molar-refractivity contribution in [3.8, 4) is 11.1 Å². The second-order valence-electron chi connectivity index (χ2n) is 8.11. The van der Waals surface area contributed by atoms with Crippen LogP contribution in [-0.4, -0.2) is 58.0 Å². The zero-order valence-electron chi connectivity index (χ0n) is 18.0. The summed E-state index contributed by atoms with van der Waals surface area (Å²) in [6.07, 6.45) is 2.18. The number of hydrogen-bond donors (Lipinski definition) is 1. The van der Waals surface area contributed by atoms with E-state index >= 15 is 0 Å². The van der Waals surface area contributed by atoms with E-state index in [1.165, 1.54) is 11.1 Å². The molecule has 0 spiro atoms. The van der Waals surface area contributed by atoms with Crippen LogP contribution in [0.5, 0.6) is 0 Å². The molecule has 2 amide bonds. The average molecular weight is 417 g/mol. The number of hydrogen-bond acceptors (Lipinski definition) is 3. The standard InChI is InChI=1S/C25H28N4O2/c1-3-28-13-14-29(25(31)23-11-12-26-27-23)17-22(24(28)30)16-19-7-9-20(10-8-19)21-6-4-5-18(2)15-21/h4-12,15,22H,3,13-14,16-17H2,1-2H3,(H,26,27). The molecule has 3 aromatic rings. The molecule has 0 radical (unpaired) electrons. The maximum Gasteiger partial charge on any atom is 0.271 e. The summed E-state index contributed by atoms with van der Waals surface area (Å²) in [5, 5.41) is 6.62. The zero-order valence-corrected chi connectivity index (χ0v) is 18.0. The number of aromatic amines is 1. The third kappa shape index (κ3) is 4.68. The Morgan fingerprint density at radius 1 is 1.10 bits per heavy atom. The van der Waals surface area contributed by atoms with Crippen LogP contribution in [0.2, 0.25) is 0 Å². The van der Waals surface area contributed by atoms with Gasteiger partial charge in [0, 0.05) is 32.4 Å². The number of H-pyrrole nitrogens is 1. The number of amides is 2. The number of aromatic nitrogens is 2. The molecular weight excluding hydrogens is 388 g/mol. The Bertz CT molecular complexity index is 1040. The van der Waals surface area contributed by atoms with E-state index in [4.69, 9.17) is 0 Å². The highest BCUT2D eigenvalue weighted by atomic mass is 16.2. The third-order valence-electron chi connectivity index (χ3n) is 5.93. The van der Waals surface area contributed by atoms with Crippen LogP contribution in [0.3, 0.4) is 0 Å². The van der Waals surface area contributed by atoms with E-state index in [-0.39, 0.29) is 17.7 Å². The second kappa shape index (κ2) is 9.16. The second-order valence-corrected chi connectivity index (χ2v) is 8.11. The van der Waals surface area contributed by atoms with Crippen LogP contribution in [0.1, 0.15) is 28.5 Å². The molecule has 1 N–H and O–H groups in total. The van der Waals surface area contributed by atoms with E-state index in [0.29, 0.717) is 38.3 Å². The zero-order chi connectivity index (χ0) is 21.8. The van der Waals surface area contributed by atoms with Gasteiger partial charge < -0.3 is 9.80 Å². The SMILES string of the molecule is CCN1CCN(C(=O)c2ccn[nH]2)CC(Cc2ccc(-c3cccc(C)c3)cc2)C1=O. The third-order valence-corrected chi connectivity index (χ3v) is 5.93. The largest absolute Gasteiger partial charge is 0.341 e. The van der Waals surface area contributed by atoms with Crippen LogP contribution in [-0.2, 0) is 11.2 Å². The molecule has 2 aromatic carbocycles. The van der Waals surface area contributed by atoms with Crippen molar-refractivity contribution in [1.29, 1.82) is 0 Å². The maximum atomic E-state index is 13.1. The van der Waals surface area contributed by atoms with Gasteiger partial charge in [0.15, 0.2) is 0 Å². The van der Waals surface area contributed by atoms with Crippen LogP contribution >= 0.6 is 0 Å². The summed E-state index contributed by atoms with van der Waals surface area (Å²) < 4.78 is 0. The van der Waals surface area contributed by atoms with Gasteiger partial charge in [-0.15, -0.1) is 0 Å². The molecule has 1 aliphatic rings. The molecule has 4 rings (SSSR count). The van der Waals surface area contributed by atoms with Crippen LogP contribution in [0.25, 0.3) is 11.1 Å². The first kappa shape index (κ1) is 20.8. The monoisotopic (exact) mass is 416 g/mol. The summed E-state index contributed by atoms with van der Waals surface area (Å²) >= 11 is 0. The molecule has 6 heteroatoms. The Kier molecular flexibility index (Phi) is 6.16. The molecule has 2 heterocycles. The fourth-order valence-corrected chi connectivity index (χ4v) is 4.18. The molecule has 1 fully saturated rings. The molecule has 0 saturated carbocycles. The number of benzene rings is 2. The van der Waals surface area contributed by atoms with Crippen molar-refractivity contribution >= 4 is 11.8 Å². The van der Waals surface area contributed by atoms with Gasteiger partial charge in [-0.05, 0) is 43.0 Å². The van der Waals surface area contributed by atoms with Gasteiger partial charge >= 0.3 is 0 Å². The van der Waals surface area contributed by atoms with Gasteiger partial charge in [-0.3, -0.25) is 14.7 Å². The summed E-state index contributed by atoms with van der Waals surface area (Å²) in [5.74, 6) is -0.257. The molecule has 1 saturated heterocycles. The normalized spacial score (nSPS) is 17.0. The van der Waals surface area contributed by atoms with Crippen molar-refractivity contribution in [2.75, 3.05) is 26.2 Å². The molecule has 0 bridgehead atoms. The minimum absolute atomic E-state index is 0.108. The molecule has 1 unspecified atom stereocenters. The van der Waals surface area contributed by atoms with Crippen molar-refractivity contribution in [3.05, 3.63) is 77.6 Å². The van der Waals surface area contributed by atoms with Crippen molar-refractivity contribution in [1.82, 2.24) is 20.0 Å². The first-order chi connectivity index (χ1) is 15.0. The molecule has 1 aliphatic heterocycles. The van der Waals surface area contributed by atoms with Crippen LogP contribution in [0.4, 0.5) is 0 Å². The highest BCUT2D eigenvalue weighted by Gasteiger charge is 2.32. The Balaban J connectivity index is 1.53. The van der Waals surface area contributed by atoms with Crippen molar-refractivity contribution < 1.29 is 9.59 Å². The summed E-state index contributed by atoms with van der Waals surface area (Å²) in [7, 11) is 0. The van der Waals surface area contributed by atoms with E-state index in [1.54, 1.807) is 17.2 Å². The molecule has 160 valence electrons. The van der Waals surface area contributed by atoms with E-state index in [9.17, 15) is 9.59 Å². The highest BCUT2D eigenvalue weighted by molar-refractivity contribution is 5.93. The first-order valence-corrected chi connectivity index (χ1v) is 10.8. The lowest BCUT2D eigenvalue weighted by Crippen LogP contribution is -2.38. The van der Waals surface area contributed by atoms with Crippen LogP contribution in [0, 0.1) is 12.8 Å². The van der Waals surface area contributed by atoms with Gasteiger partial charge in [-0.25, -0.2) is 0 Å². The van der Waals surface area contributed by atoms with Crippen LogP contribution in [0.15, 0.2) is 60.8 Å². The molecule has 6 nitrogen and oxygen atoms in total. The number of nitrogens with zero attached hydrogens (tertiary/aromatic N) is 3. The Labute approximate surface area is 182 Å². The highest BCUT2D eigenvalue weighted by Crippen LogP contribution is 2.23. The summed E-state index contributed by atoms with van der Waals surface area (Å²) in [6.45, 7) is 6.21. The summed E-state index contributed by atoms with van der Waals surface area (Å²) in [4.78, 5) is 29.6. The van der Waals surface area contributed by atoms with Crippen LogP contribution < -0.4 is 0 Å². The van der Waals surface area contributed by atoms with Gasteiger partial charge in [0.1, 0.15) is 5.69 Å². The molecule has 0 aliphatic carbocycles. The Morgan fingerprint density at radius 2 is 1.90 bits per heavy atom. The van der Waals surface area contributed by atoms with Gasteiger partial charge in [0.2, 0.25) is 5.91 Å². The number of nitrogens with one attached hydrogen (secondary N) is 1. The molecule has 1 aromatic heterocycles. The van der Waals surface area contributed by atoms with Crippen molar-refractivity contribution in [3.63, 3.8) is 0 Å². The Morgan fingerprint density at radius 3 is 2.58 bits per heavy atom. The lowest BCUT2D eigenvalue weighted by Gasteiger charge is -2.23. The van der Waals surface area contributed by atoms with Gasteiger partial charge in [0.25, 0.3) is 5.91 Å². The minimum atomic E-state index is -0.265. The predicted octanol–water partition coefficient (Wildman–Crippen LogP) is 3.55. The van der Waals surface area contributed by atoms with E-state index in [1.807, 2.05) is 11.8 Å². The van der Waals surface area contributed by atoms with Gasteiger partial charge in [0.05, 0.1) is 5.92 Å². The summed E-state index contributed by atoms with van der Waals surface area (Å²) in [5.41, 5.74) is 5.13. The van der Waals surface area contributed by atoms with Gasteiger partial charge in [-0.1, -0.05) is 54.1 Å². The van der Waals surface area contributed by atoms with Crippen molar-refractivity contribution in [2.24, 2.45) is 5.92 Å². The van der Waals surface area contributed by atoms with Gasteiger partial charge in [-0.2, -0.15) is 5.10 Å². The smallest absolute Gasteiger partial charge is 0.271 e. The first-order valence-electron chi connectivity index (χ1n) is 10.8. The lowest BCUT2D eigenvalue weighted by molar-refractivity contribution is -0.134. The van der Waals surface area contributed by atoms with E-state index in [0.717, 1.165) is 11.1 Å². The number of likely N-dealkylation sites (N-methyl/N-ethyl adjacent to an activating group) is 1. The maximum absolute atomic E-state index is 13.1. The molecule has 1 atom stereocenters. The number of rotatable bonds is 5.